The first-order valence-corrected chi connectivity index (χ1v) is 4.35. The lowest BCUT2D eigenvalue weighted by Gasteiger charge is -2.00. The van der Waals surface area contributed by atoms with E-state index in [-0.39, 0.29) is 5.63 Å². The summed E-state index contributed by atoms with van der Waals surface area (Å²) in [7, 11) is 0. The average molecular weight is 185 g/mol. The molecule has 0 aliphatic heterocycles. The third-order valence-corrected chi connectivity index (χ3v) is 2.04. The standard InChI is InChI=1S/C12H9O2/c1-2-5-9-8-12(13)14-11-7-4-3-6-10(9)11/h2-3,6-8H,1,5H2. The van der Waals surface area contributed by atoms with Crippen LogP contribution in [-0.4, -0.2) is 0 Å². The van der Waals surface area contributed by atoms with E-state index in [9.17, 15) is 4.79 Å². The second-order valence-corrected chi connectivity index (χ2v) is 3.01. The summed E-state index contributed by atoms with van der Waals surface area (Å²) in [5.74, 6) is 0. The fourth-order valence-corrected chi connectivity index (χ4v) is 1.45. The smallest absolute Gasteiger partial charge is 0.336 e. The van der Waals surface area contributed by atoms with Gasteiger partial charge in [0.05, 0.1) is 0 Å². The molecule has 0 saturated carbocycles. The van der Waals surface area contributed by atoms with Gasteiger partial charge in [0, 0.05) is 11.5 Å². The molecule has 1 heterocycles. The van der Waals surface area contributed by atoms with Gasteiger partial charge in [0.2, 0.25) is 0 Å². The zero-order chi connectivity index (χ0) is 9.97. The van der Waals surface area contributed by atoms with Gasteiger partial charge in [-0.25, -0.2) is 4.79 Å². The summed E-state index contributed by atoms with van der Waals surface area (Å²) in [4.78, 5) is 11.2. The molecule has 0 saturated heterocycles. The van der Waals surface area contributed by atoms with Crippen LogP contribution in [-0.2, 0) is 6.42 Å². The van der Waals surface area contributed by atoms with Crippen LogP contribution >= 0.6 is 0 Å². The van der Waals surface area contributed by atoms with Crippen LogP contribution in [0.2, 0.25) is 0 Å². The second-order valence-electron chi connectivity index (χ2n) is 3.01. The number of rotatable bonds is 2. The van der Waals surface area contributed by atoms with E-state index in [2.05, 4.69) is 12.6 Å². The normalized spacial score (nSPS) is 10.3. The number of hydrogen-bond donors (Lipinski definition) is 0. The van der Waals surface area contributed by atoms with Crippen molar-refractivity contribution in [2.75, 3.05) is 0 Å². The van der Waals surface area contributed by atoms with E-state index in [4.69, 9.17) is 4.42 Å². The minimum absolute atomic E-state index is 0.325. The van der Waals surface area contributed by atoms with E-state index < -0.39 is 0 Å². The lowest BCUT2D eigenvalue weighted by Crippen LogP contribution is -1.99. The van der Waals surface area contributed by atoms with Crippen molar-refractivity contribution in [3.05, 3.63) is 59.0 Å². The Morgan fingerprint density at radius 2 is 2.43 bits per heavy atom. The molecule has 0 atom stereocenters. The molecule has 0 N–H and O–H groups in total. The Balaban J connectivity index is 2.79. The molecule has 0 aliphatic carbocycles. The van der Waals surface area contributed by atoms with Gasteiger partial charge in [0.15, 0.2) is 0 Å². The maximum absolute atomic E-state index is 11.2. The molecule has 0 amide bonds. The van der Waals surface area contributed by atoms with Crippen LogP contribution < -0.4 is 5.63 Å². The highest BCUT2D eigenvalue weighted by Gasteiger charge is 2.02. The van der Waals surface area contributed by atoms with Crippen LogP contribution in [0.15, 0.2) is 46.1 Å². The van der Waals surface area contributed by atoms with E-state index in [1.807, 2.05) is 6.07 Å². The lowest BCUT2D eigenvalue weighted by molar-refractivity contribution is 0.559. The molecule has 2 heteroatoms. The van der Waals surface area contributed by atoms with Gasteiger partial charge in [-0.05, 0) is 24.1 Å². The Labute approximate surface area is 81.5 Å². The van der Waals surface area contributed by atoms with Crippen molar-refractivity contribution >= 4 is 11.0 Å². The van der Waals surface area contributed by atoms with Crippen molar-refractivity contribution in [1.29, 1.82) is 0 Å². The zero-order valence-corrected chi connectivity index (χ0v) is 7.62. The Bertz CT molecular complexity index is 523. The van der Waals surface area contributed by atoms with Gasteiger partial charge in [0.25, 0.3) is 0 Å². The fourth-order valence-electron chi connectivity index (χ4n) is 1.45. The summed E-state index contributed by atoms with van der Waals surface area (Å²) in [6.45, 7) is 3.65. The molecule has 0 fully saturated rings. The highest BCUT2D eigenvalue weighted by molar-refractivity contribution is 5.79. The highest BCUT2D eigenvalue weighted by atomic mass is 16.4. The van der Waals surface area contributed by atoms with Crippen LogP contribution in [0.3, 0.4) is 0 Å². The van der Waals surface area contributed by atoms with Gasteiger partial charge >= 0.3 is 5.63 Å². The van der Waals surface area contributed by atoms with Crippen molar-refractivity contribution in [3.8, 4) is 0 Å². The summed E-state index contributed by atoms with van der Waals surface area (Å²) in [6, 6.07) is 9.73. The lowest BCUT2D eigenvalue weighted by atomic mass is 10.1. The van der Waals surface area contributed by atoms with Gasteiger partial charge in [-0.3, -0.25) is 0 Å². The minimum atomic E-state index is -0.325. The van der Waals surface area contributed by atoms with E-state index >= 15 is 0 Å². The molecule has 1 aromatic heterocycles. The largest absolute Gasteiger partial charge is 0.423 e. The summed E-state index contributed by atoms with van der Waals surface area (Å²) < 4.78 is 5.03. The van der Waals surface area contributed by atoms with Crippen LogP contribution in [0.5, 0.6) is 0 Å². The summed E-state index contributed by atoms with van der Waals surface area (Å²) >= 11 is 0. The topological polar surface area (TPSA) is 30.2 Å². The molecule has 69 valence electrons. The second kappa shape index (κ2) is 3.50. The quantitative estimate of drug-likeness (QED) is 0.531. The molecule has 0 unspecified atom stereocenters. The first-order valence-electron chi connectivity index (χ1n) is 4.35. The third kappa shape index (κ3) is 1.46. The summed E-state index contributed by atoms with van der Waals surface area (Å²) in [5.41, 5.74) is 1.20. The Kier molecular flexibility index (Phi) is 2.19. The van der Waals surface area contributed by atoms with Crippen molar-refractivity contribution in [3.63, 3.8) is 0 Å². The molecule has 1 radical (unpaired) electrons. The number of hydrogen-bond acceptors (Lipinski definition) is 2. The number of allylic oxidation sites excluding steroid dienone is 1. The predicted molar refractivity (Wildman–Crippen MR) is 55.2 cm³/mol. The highest BCUT2D eigenvalue weighted by Crippen LogP contribution is 2.16. The molecule has 2 nitrogen and oxygen atoms in total. The molecule has 2 rings (SSSR count). The molecule has 0 bridgehead atoms. The van der Waals surface area contributed by atoms with Gasteiger partial charge in [-0.1, -0.05) is 18.2 Å². The summed E-state index contributed by atoms with van der Waals surface area (Å²) in [6.07, 6.45) is 2.44. The Morgan fingerprint density at radius 1 is 1.57 bits per heavy atom. The van der Waals surface area contributed by atoms with E-state index in [0.29, 0.717) is 12.0 Å². The van der Waals surface area contributed by atoms with Gasteiger partial charge in [-0.15, -0.1) is 6.58 Å². The average Bonchev–Trinajstić information content (AvgIpc) is 2.18. The molecular formula is C12H9O2. The molecule has 14 heavy (non-hydrogen) atoms. The maximum atomic E-state index is 11.2. The molecular weight excluding hydrogens is 176 g/mol. The van der Waals surface area contributed by atoms with E-state index in [1.165, 1.54) is 6.07 Å². The summed E-state index contributed by atoms with van der Waals surface area (Å²) in [5, 5.41) is 0.947. The van der Waals surface area contributed by atoms with Crippen LogP contribution in [0.1, 0.15) is 5.56 Å². The first-order chi connectivity index (χ1) is 6.81. The van der Waals surface area contributed by atoms with Crippen molar-refractivity contribution in [1.82, 2.24) is 0 Å². The molecule has 1 aromatic carbocycles. The van der Waals surface area contributed by atoms with Gasteiger partial charge in [0.1, 0.15) is 5.58 Å². The van der Waals surface area contributed by atoms with Crippen molar-refractivity contribution in [2.45, 2.75) is 6.42 Å². The maximum Gasteiger partial charge on any atom is 0.336 e. The number of fused-ring (bicyclic) bond motifs is 1. The van der Waals surface area contributed by atoms with E-state index in [0.717, 1.165) is 10.9 Å². The Hall–Kier alpha value is -1.83. The van der Waals surface area contributed by atoms with E-state index in [1.54, 1.807) is 18.2 Å². The molecule has 0 aliphatic rings. The fraction of sp³-hybridized carbons (Fsp3) is 0.0833. The zero-order valence-electron chi connectivity index (χ0n) is 7.62. The molecule has 0 spiro atoms. The Morgan fingerprint density at radius 3 is 3.21 bits per heavy atom. The van der Waals surface area contributed by atoms with Gasteiger partial charge in [-0.2, -0.15) is 0 Å². The van der Waals surface area contributed by atoms with Crippen LogP contribution in [0, 0.1) is 6.07 Å². The van der Waals surface area contributed by atoms with Crippen molar-refractivity contribution < 1.29 is 4.42 Å². The third-order valence-electron chi connectivity index (χ3n) is 2.04. The first kappa shape index (κ1) is 8.75. The predicted octanol–water partition coefficient (Wildman–Crippen LogP) is 2.32. The molecule has 2 aromatic rings. The van der Waals surface area contributed by atoms with Crippen LogP contribution in [0.25, 0.3) is 11.0 Å². The monoisotopic (exact) mass is 185 g/mol. The van der Waals surface area contributed by atoms with Gasteiger partial charge < -0.3 is 4.42 Å². The number of benzene rings is 1. The minimum Gasteiger partial charge on any atom is -0.423 e. The SMILES string of the molecule is C=CCc1cc(=O)oc2c[c]ccc12. The van der Waals surface area contributed by atoms with Crippen LogP contribution in [0.4, 0.5) is 0 Å². The van der Waals surface area contributed by atoms with Crippen molar-refractivity contribution in [2.24, 2.45) is 0 Å².